The Hall–Kier alpha value is -0.0800. The molecule has 0 aromatic heterocycles. The van der Waals surface area contributed by atoms with Crippen LogP contribution in [-0.4, -0.2) is 25.0 Å². The van der Waals surface area contributed by atoms with Gasteiger partial charge in [0.05, 0.1) is 0 Å². The second-order valence-corrected chi connectivity index (χ2v) is 3.00. The second-order valence-electron chi connectivity index (χ2n) is 2.67. The second kappa shape index (κ2) is 3.35. The third-order valence-corrected chi connectivity index (χ3v) is 2.13. The molecule has 3 heteroatoms. The Morgan fingerprint density at radius 1 is 1.50 bits per heavy atom. The molecule has 0 aromatic carbocycles. The smallest absolute Gasteiger partial charge is 0.188 e. The van der Waals surface area contributed by atoms with Gasteiger partial charge >= 0.3 is 0 Å². The summed E-state index contributed by atoms with van der Waals surface area (Å²) in [5.74, 6) is 0. The van der Waals surface area contributed by atoms with Crippen LogP contribution >= 0.6 is 11.6 Å². The highest BCUT2D eigenvalue weighted by Gasteiger charge is 2.12. The van der Waals surface area contributed by atoms with E-state index in [1.54, 1.807) is 0 Å². The van der Waals surface area contributed by atoms with E-state index in [9.17, 15) is 4.39 Å². The molecule has 1 nitrogen and oxygen atoms in total. The highest BCUT2D eigenvalue weighted by molar-refractivity contribution is 6.28. The molecule has 1 saturated heterocycles. The lowest BCUT2D eigenvalue weighted by Gasteiger charge is -2.23. The normalized spacial score (nSPS) is 21.3. The van der Waals surface area contributed by atoms with Crippen molar-refractivity contribution in [2.24, 2.45) is 0 Å². The molecule has 1 rings (SSSR count). The monoisotopic (exact) mass is 163 g/mol. The van der Waals surface area contributed by atoms with Crippen LogP contribution in [0, 0.1) is 0 Å². The summed E-state index contributed by atoms with van der Waals surface area (Å²) in [5.41, 5.74) is 0.778. The van der Waals surface area contributed by atoms with E-state index in [1.165, 1.54) is 0 Å². The number of hydrogen-bond donors (Lipinski definition) is 0. The fraction of sp³-hybridized carbons (Fsp3) is 0.714. The van der Waals surface area contributed by atoms with Gasteiger partial charge in [-0.3, -0.25) is 0 Å². The summed E-state index contributed by atoms with van der Waals surface area (Å²) in [6, 6.07) is 0. The maximum atomic E-state index is 12.3. The Morgan fingerprint density at radius 2 is 2.00 bits per heavy atom. The molecule has 0 bridgehead atoms. The van der Waals surface area contributed by atoms with E-state index in [0.29, 0.717) is 0 Å². The predicted octanol–water partition coefficient (Wildman–Crippen LogP) is 2.13. The van der Waals surface area contributed by atoms with Crippen LogP contribution < -0.4 is 0 Å². The van der Waals surface area contributed by atoms with Gasteiger partial charge in [-0.1, -0.05) is 11.6 Å². The van der Waals surface area contributed by atoms with E-state index in [2.05, 4.69) is 4.90 Å². The molecule has 1 heterocycles. The zero-order valence-corrected chi connectivity index (χ0v) is 6.79. The first-order valence-electron chi connectivity index (χ1n) is 3.41. The molecule has 0 N–H and O–H groups in total. The molecule has 0 unspecified atom stereocenters. The van der Waals surface area contributed by atoms with E-state index >= 15 is 0 Å². The molecule has 58 valence electrons. The molecular weight excluding hydrogens is 153 g/mol. The zero-order chi connectivity index (χ0) is 7.56. The van der Waals surface area contributed by atoms with Crippen molar-refractivity contribution < 1.29 is 4.39 Å². The van der Waals surface area contributed by atoms with Gasteiger partial charge in [-0.05, 0) is 25.5 Å². The van der Waals surface area contributed by atoms with Gasteiger partial charge < -0.3 is 4.90 Å². The van der Waals surface area contributed by atoms with Crippen LogP contribution in [0.5, 0.6) is 0 Å². The maximum Gasteiger partial charge on any atom is 0.188 e. The number of hydrogen-bond acceptors (Lipinski definition) is 1. The standard InChI is InChI=1S/C7H11ClFN/c1-10-4-2-6(3-5-10)7(8)9/h2-5H2,1H3. The van der Waals surface area contributed by atoms with E-state index in [-0.39, 0.29) is 0 Å². The van der Waals surface area contributed by atoms with Crippen molar-refractivity contribution in [2.75, 3.05) is 20.1 Å². The highest BCUT2D eigenvalue weighted by Crippen LogP contribution is 2.21. The highest BCUT2D eigenvalue weighted by atomic mass is 35.5. The quantitative estimate of drug-likeness (QED) is 0.529. The molecule has 0 aromatic rings. The van der Waals surface area contributed by atoms with E-state index < -0.39 is 5.29 Å². The van der Waals surface area contributed by atoms with Gasteiger partial charge in [-0.25, -0.2) is 0 Å². The van der Waals surface area contributed by atoms with Gasteiger partial charge in [0.15, 0.2) is 5.29 Å². The lowest BCUT2D eigenvalue weighted by molar-refractivity contribution is 0.309. The molecule has 1 fully saturated rings. The van der Waals surface area contributed by atoms with Crippen molar-refractivity contribution in [3.05, 3.63) is 10.9 Å². The van der Waals surface area contributed by atoms with E-state index in [0.717, 1.165) is 31.5 Å². The first kappa shape index (κ1) is 8.02. The number of nitrogens with zero attached hydrogens (tertiary/aromatic N) is 1. The number of piperidine rings is 1. The largest absolute Gasteiger partial charge is 0.306 e. The van der Waals surface area contributed by atoms with Gasteiger partial charge in [0.25, 0.3) is 0 Å². The molecule has 0 saturated carbocycles. The minimum atomic E-state index is -0.492. The number of rotatable bonds is 0. The fourth-order valence-electron chi connectivity index (χ4n) is 1.08. The molecule has 0 spiro atoms. The molecule has 0 radical (unpaired) electrons. The predicted molar refractivity (Wildman–Crippen MR) is 40.7 cm³/mol. The summed E-state index contributed by atoms with van der Waals surface area (Å²) in [4.78, 5) is 2.17. The van der Waals surface area contributed by atoms with Crippen molar-refractivity contribution in [1.82, 2.24) is 4.90 Å². The summed E-state index contributed by atoms with van der Waals surface area (Å²) in [6.45, 7) is 1.85. The van der Waals surface area contributed by atoms with Gasteiger partial charge in [0.1, 0.15) is 0 Å². The summed E-state index contributed by atoms with van der Waals surface area (Å²) < 4.78 is 12.3. The molecule has 0 atom stereocenters. The van der Waals surface area contributed by atoms with Gasteiger partial charge in [-0.15, -0.1) is 0 Å². The molecule has 10 heavy (non-hydrogen) atoms. The van der Waals surface area contributed by atoms with Crippen LogP contribution in [0.1, 0.15) is 12.8 Å². The van der Waals surface area contributed by atoms with Crippen molar-refractivity contribution in [3.8, 4) is 0 Å². The van der Waals surface area contributed by atoms with E-state index in [1.807, 2.05) is 7.05 Å². The van der Waals surface area contributed by atoms with Crippen LogP contribution in [0.25, 0.3) is 0 Å². The van der Waals surface area contributed by atoms with Crippen LogP contribution in [0.3, 0.4) is 0 Å². The Bertz CT molecular complexity index is 142. The number of halogens is 2. The Labute approximate surface area is 65.5 Å². The average molecular weight is 164 g/mol. The average Bonchev–Trinajstić information content (AvgIpc) is 1.88. The summed E-state index contributed by atoms with van der Waals surface area (Å²) in [7, 11) is 2.03. The number of likely N-dealkylation sites (tertiary alicyclic amines) is 1. The summed E-state index contributed by atoms with van der Waals surface area (Å²) >= 11 is 5.20. The van der Waals surface area contributed by atoms with Crippen LogP contribution in [0.15, 0.2) is 10.9 Å². The van der Waals surface area contributed by atoms with Gasteiger partial charge in [0.2, 0.25) is 0 Å². The summed E-state index contributed by atoms with van der Waals surface area (Å²) in [5, 5.41) is -0.492. The van der Waals surface area contributed by atoms with Crippen molar-refractivity contribution in [2.45, 2.75) is 12.8 Å². The van der Waals surface area contributed by atoms with Crippen LogP contribution in [-0.2, 0) is 0 Å². The lowest BCUT2D eigenvalue weighted by Crippen LogP contribution is -2.26. The first-order valence-corrected chi connectivity index (χ1v) is 3.79. The molecular formula is C7H11ClFN. The van der Waals surface area contributed by atoms with Gasteiger partial charge in [0, 0.05) is 13.1 Å². The minimum Gasteiger partial charge on any atom is -0.306 e. The summed E-state index contributed by atoms with van der Waals surface area (Å²) in [6.07, 6.45) is 1.57. The molecule has 1 aliphatic rings. The molecule has 1 aliphatic heterocycles. The molecule has 0 aliphatic carbocycles. The Kier molecular flexibility index (Phi) is 2.69. The van der Waals surface area contributed by atoms with Crippen LogP contribution in [0.4, 0.5) is 4.39 Å². The van der Waals surface area contributed by atoms with Crippen molar-refractivity contribution in [3.63, 3.8) is 0 Å². The maximum absolute atomic E-state index is 12.3. The third-order valence-electron chi connectivity index (χ3n) is 1.86. The third kappa shape index (κ3) is 1.96. The van der Waals surface area contributed by atoms with Gasteiger partial charge in [-0.2, -0.15) is 4.39 Å². The minimum absolute atomic E-state index is 0.492. The molecule has 0 amide bonds. The zero-order valence-electron chi connectivity index (χ0n) is 6.03. The fourth-order valence-corrected chi connectivity index (χ4v) is 1.27. The van der Waals surface area contributed by atoms with Crippen molar-refractivity contribution in [1.29, 1.82) is 0 Å². The van der Waals surface area contributed by atoms with E-state index in [4.69, 9.17) is 11.6 Å². The topological polar surface area (TPSA) is 3.24 Å². The van der Waals surface area contributed by atoms with Crippen molar-refractivity contribution >= 4 is 11.6 Å². The Morgan fingerprint density at radius 3 is 2.40 bits per heavy atom. The lowest BCUT2D eigenvalue weighted by atomic mass is 10.1. The van der Waals surface area contributed by atoms with Crippen LogP contribution in [0.2, 0.25) is 0 Å². The first-order chi connectivity index (χ1) is 4.70. The Balaban J connectivity index is 2.48. The SMILES string of the molecule is CN1CCC(=C(F)Cl)CC1.